The van der Waals surface area contributed by atoms with Crippen molar-refractivity contribution >= 4 is 5.97 Å². The van der Waals surface area contributed by atoms with Crippen LogP contribution in [0.2, 0.25) is 0 Å². The highest BCUT2D eigenvalue weighted by atomic mass is 19.1. The van der Waals surface area contributed by atoms with Crippen LogP contribution in [-0.4, -0.2) is 30.0 Å². The molecule has 1 rings (SSSR count). The minimum atomic E-state index is -1.94. The zero-order valence-electron chi connectivity index (χ0n) is 6.34. The van der Waals surface area contributed by atoms with E-state index in [1.807, 2.05) is 0 Å². The van der Waals surface area contributed by atoms with Crippen molar-refractivity contribution in [2.24, 2.45) is 0 Å². The molecular formula is C7H11FO3. The zero-order chi connectivity index (χ0) is 8.48. The molecule has 0 amide bonds. The highest BCUT2D eigenvalue weighted by Crippen LogP contribution is 2.34. The Kier molecular flexibility index (Phi) is 2.13. The average molecular weight is 162 g/mol. The molecule has 64 valence electrons. The van der Waals surface area contributed by atoms with E-state index in [2.05, 4.69) is 4.74 Å². The van der Waals surface area contributed by atoms with Crippen LogP contribution in [0.4, 0.5) is 4.39 Å². The first-order chi connectivity index (χ1) is 5.08. The lowest BCUT2D eigenvalue weighted by atomic mass is 10.1. The van der Waals surface area contributed by atoms with Gasteiger partial charge in [-0.3, -0.25) is 0 Å². The van der Waals surface area contributed by atoms with E-state index in [0.29, 0.717) is 6.42 Å². The molecule has 0 aromatic heterocycles. The fraction of sp³-hybridized carbons (Fsp3) is 0.857. The maximum absolute atomic E-state index is 13.3. The smallest absolute Gasteiger partial charge is 0.343 e. The van der Waals surface area contributed by atoms with E-state index in [9.17, 15) is 9.18 Å². The van der Waals surface area contributed by atoms with Gasteiger partial charge in [0.25, 0.3) is 0 Å². The first kappa shape index (κ1) is 8.46. The Hall–Kier alpha value is -0.640. The predicted molar refractivity (Wildman–Crippen MR) is 35.7 cm³/mol. The summed E-state index contributed by atoms with van der Waals surface area (Å²) in [6, 6.07) is 0. The van der Waals surface area contributed by atoms with Crippen LogP contribution in [-0.2, 0) is 9.53 Å². The summed E-state index contributed by atoms with van der Waals surface area (Å²) < 4.78 is 17.6. The SMILES string of the molecule is COC(=O)C1(F)CCC(O)C1. The van der Waals surface area contributed by atoms with Crippen LogP contribution in [0.3, 0.4) is 0 Å². The van der Waals surface area contributed by atoms with Crippen molar-refractivity contribution < 1.29 is 19.0 Å². The average Bonchev–Trinajstić information content (AvgIpc) is 2.31. The Morgan fingerprint density at radius 1 is 1.82 bits per heavy atom. The number of esters is 1. The summed E-state index contributed by atoms with van der Waals surface area (Å²) in [7, 11) is 1.15. The van der Waals surface area contributed by atoms with Crippen LogP contribution in [0.25, 0.3) is 0 Å². The molecule has 0 aliphatic heterocycles. The standard InChI is InChI=1S/C7H11FO3/c1-11-6(10)7(8)3-2-5(9)4-7/h5,9H,2-4H2,1H3. The lowest BCUT2D eigenvalue weighted by Gasteiger charge is -2.14. The fourth-order valence-corrected chi connectivity index (χ4v) is 1.34. The third-order valence-electron chi connectivity index (χ3n) is 1.98. The zero-order valence-corrected chi connectivity index (χ0v) is 6.34. The molecular weight excluding hydrogens is 151 g/mol. The van der Waals surface area contributed by atoms with Gasteiger partial charge in [-0.1, -0.05) is 0 Å². The van der Waals surface area contributed by atoms with Crippen molar-refractivity contribution in [3.8, 4) is 0 Å². The number of carbonyl (C=O) groups is 1. The molecule has 2 unspecified atom stereocenters. The van der Waals surface area contributed by atoms with Crippen LogP contribution in [0.5, 0.6) is 0 Å². The second-order valence-electron chi connectivity index (χ2n) is 2.85. The van der Waals surface area contributed by atoms with Crippen molar-refractivity contribution in [1.82, 2.24) is 0 Å². The molecule has 0 aromatic rings. The summed E-state index contributed by atoms with van der Waals surface area (Å²) >= 11 is 0. The van der Waals surface area contributed by atoms with Gasteiger partial charge in [0, 0.05) is 6.42 Å². The molecule has 0 radical (unpaired) electrons. The van der Waals surface area contributed by atoms with Crippen LogP contribution in [0, 0.1) is 0 Å². The van der Waals surface area contributed by atoms with Gasteiger partial charge >= 0.3 is 5.97 Å². The van der Waals surface area contributed by atoms with E-state index in [-0.39, 0.29) is 12.8 Å². The topological polar surface area (TPSA) is 46.5 Å². The van der Waals surface area contributed by atoms with E-state index in [1.54, 1.807) is 0 Å². The number of ether oxygens (including phenoxy) is 1. The van der Waals surface area contributed by atoms with E-state index in [1.165, 1.54) is 0 Å². The summed E-state index contributed by atoms with van der Waals surface area (Å²) in [6.45, 7) is 0. The van der Waals surface area contributed by atoms with E-state index < -0.39 is 17.7 Å². The first-order valence-corrected chi connectivity index (χ1v) is 3.54. The van der Waals surface area contributed by atoms with Gasteiger partial charge in [-0.05, 0) is 12.8 Å². The van der Waals surface area contributed by atoms with Gasteiger partial charge in [-0.25, -0.2) is 9.18 Å². The van der Waals surface area contributed by atoms with Gasteiger partial charge < -0.3 is 9.84 Å². The third-order valence-corrected chi connectivity index (χ3v) is 1.98. The van der Waals surface area contributed by atoms with Crippen LogP contribution in [0.1, 0.15) is 19.3 Å². The minimum Gasteiger partial charge on any atom is -0.467 e. The molecule has 1 aliphatic carbocycles. The molecule has 3 nitrogen and oxygen atoms in total. The highest BCUT2D eigenvalue weighted by Gasteiger charge is 2.46. The lowest BCUT2D eigenvalue weighted by Crippen LogP contribution is -2.32. The number of halogens is 1. The summed E-state index contributed by atoms with van der Waals surface area (Å²) in [6.07, 6.45) is -0.411. The van der Waals surface area contributed by atoms with Crippen molar-refractivity contribution in [1.29, 1.82) is 0 Å². The van der Waals surface area contributed by atoms with Crippen LogP contribution >= 0.6 is 0 Å². The van der Waals surface area contributed by atoms with Gasteiger partial charge in [-0.2, -0.15) is 0 Å². The van der Waals surface area contributed by atoms with Crippen molar-refractivity contribution in [3.05, 3.63) is 0 Å². The normalized spacial score (nSPS) is 37.2. The second-order valence-corrected chi connectivity index (χ2v) is 2.85. The third kappa shape index (κ3) is 1.50. The molecule has 11 heavy (non-hydrogen) atoms. The highest BCUT2D eigenvalue weighted by molar-refractivity contribution is 5.79. The van der Waals surface area contributed by atoms with Gasteiger partial charge in [0.2, 0.25) is 5.67 Å². The van der Waals surface area contributed by atoms with Gasteiger partial charge in [0.05, 0.1) is 13.2 Å². The number of rotatable bonds is 1. The quantitative estimate of drug-likeness (QED) is 0.568. The molecule has 1 fully saturated rings. The molecule has 0 saturated heterocycles. The van der Waals surface area contributed by atoms with E-state index in [4.69, 9.17) is 5.11 Å². The molecule has 0 spiro atoms. The number of aliphatic hydroxyl groups is 1. The molecule has 1 saturated carbocycles. The fourth-order valence-electron chi connectivity index (χ4n) is 1.34. The maximum Gasteiger partial charge on any atom is 0.343 e. The summed E-state index contributed by atoms with van der Waals surface area (Å²) in [5.74, 6) is -0.867. The lowest BCUT2D eigenvalue weighted by molar-refractivity contribution is -0.154. The van der Waals surface area contributed by atoms with Gasteiger partial charge in [0.15, 0.2) is 0 Å². The van der Waals surface area contributed by atoms with Crippen LogP contribution in [0.15, 0.2) is 0 Å². The summed E-state index contributed by atoms with van der Waals surface area (Å²) in [5.41, 5.74) is -1.94. The van der Waals surface area contributed by atoms with Crippen LogP contribution < -0.4 is 0 Å². The Balaban J connectivity index is 2.61. The summed E-state index contributed by atoms with van der Waals surface area (Å²) in [4.78, 5) is 10.8. The molecule has 1 aliphatic rings. The number of aliphatic hydroxyl groups excluding tert-OH is 1. The first-order valence-electron chi connectivity index (χ1n) is 3.54. The molecule has 2 atom stereocenters. The van der Waals surface area contributed by atoms with E-state index in [0.717, 1.165) is 7.11 Å². The molecule has 4 heteroatoms. The predicted octanol–water partition coefficient (Wildman–Crippen LogP) is 0.412. The van der Waals surface area contributed by atoms with Crippen molar-refractivity contribution in [2.75, 3.05) is 7.11 Å². The Labute approximate surface area is 64.2 Å². The van der Waals surface area contributed by atoms with Crippen molar-refractivity contribution in [2.45, 2.75) is 31.0 Å². The number of hydrogen-bond acceptors (Lipinski definition) is 3. The second kappa shape index (κ2) is 2.77. The van der Waals surface area contributed by atoms with Crippen molar-refractivity contribution in [3.63, 3.8) is 0 Å². The minimum absolute atomic E-state index is 0.0703. The Morgan fingerprint density at radius 3 is 2.82 bits per heavy atom. The number of hydrogen-bond donors (Lipinski definition) is 1. The maximum atomic E-state index is 13.3. The Morgan fingerprint density at radius 2 is 2.45 bits per heavy atom. The molecule has 1 N–H and O–H groups in total. The molecule has 0 bridgehead atoms. The number of methoxy groups -OCH3 is 1. The Bertz CT molecular complexity index is 171. The molecule has 0 aromatic carbocycles. The van der Waals surface area contributed by atoms with Gasteiger partial charge in [-0.15, -0.1) is 0 Å². The monoisotopic (exact) mass is 162 g/mol. The summed E-state index contributed by atoms with van der Waals surface area (Å²) in [5, 5.41) is 8.96. The number of alkyl halides is 1. The largest absolute Gasteiger partial charge is 0.467 e. The number of carbonyl (C=O) groups excluding carboxylic acids is 1. The molecule has 0 heterocycles. The van der Waals surface area contributed by atoms with Gasteiger partial charge in [0.1, 0.15) is 0 Å². The van der Waals surface area contributed by atoms with E-state index >= 15 is 0 Å².